The number of rotatable bonds is 4. The minimum Gasteiger partial charge on any atom is -0.343 e. The first-order valence-electron chi connectivity index (χ1n) is 10.3. The third kappa shape index (κ3) is 3.67. The number of carbonyl (C=O) groups excluding carboxylic acids is 2. The van der Waals surface area contributed by atoms with Crippen LogP contribution >= 0.6 is 0 Å². The van der Waals surface area contributed by atoms with Crippen molar-refractivity contribution in [2.75, 3.05) is 13.1 Å². The van der Waals surface area contributed by atoms with E-state index in [0.717, 1.165) is 61.2 Å². The van der Waals surface area contributed by atoms with Gasteiger partial charge >= 0.3 is 0 Å². The molecule has 0 saturated carbocycles. The Bertz CT molecular complexity index is 1160. The molecule has 3 aromatic rings. The SMILES string of the molecule is CC(=O)N1CCC[C@@H](Cn2c(-c3cc(C)c(=O)n(C)c3)nc3cc(C=O)ccc32)C1. The number of aldehydes is 1. The average molecular weight is 406 g/mol. The van der Waals surface area contributed by atoms with Crippen molar-refractivity contribution < 1.29 is 9.59 Å². The quantitative estimate of drug-likeness (QED) is 0.624. The second kappa shape index (κ2) is 7.89. The van der Waals surface area contributed by atoms with E-state index < -0.39 is 0 Å². The number of fused-ring (bicyclic) bond motifs is 1. The van der Waals surface area contributed by atoms with Gasteiger partial charge in [-0.05, 0) is 49.9 Å². The van der Waals surface area contributed by atoms with Crippen LogP contribution in [-0.2, 0) is 18.4 Å². The third-order valence-corrected chi connectivity index (χ3v) is 5.93. The van der Waals surface area contributed by atoms with Gasteiger partial charge in [-0.15, -0.1) is 0 Å². The van der Waals surface area contributed by atoms with Gasteiger partial charge in [0.2, 0.25) is 5.91 Å². The molecule has 1 atom stereocenters. The van der Waals surface area contributed by atoms with Crippen molar-refractivity contribution in [3.8, 4) is 11.4 Å². The monoisotopic (exact) mass is 406 g/mol. The summed E-state index contributed by atoms with van der Waals surface area (Å²) in [6.07, 6.45) is 4.65. The molecule has 7 nitrogen and oxygen atoms in total. The molecule has 1 saturated heterocycles. The zero-order valence-electron chi connectivity index (χ0n) is 17.6. The van der Waals surface area contributed by atoms with Gasteiger partial charge in [-0.3, -0.25) is 14.4 Å². The largest absolute Gasteiger partial charge is 0.343 e. The van der Waals surface area contributed by atoms with Crippen LogP contribution in [0.15, 0.2) is 35.3 Å². The summed E-state index contributed by atoms with van der Waals surface area (Å²) in [5, 5.41) is 0. The number of imidazole rings is 1. The Kier molecular flexibility index (Phi) is 5.28. The summed E-state index contributed by atoms with van der Waals surface area (Å²) in [4.78, 5) is 42.0. The highest BCUT2D eigenvalue weighted by molar-refractivity contribution is 5.87. The van der Waals surface area contributed by atoms with E-state index in [-0.39, 0.29) is 11.5 Å². The fourth-order valence-corrected chi connectivity index (χ4v) is 4.38. The van der Waals surface area contributed by atoms with Crippen LogP contribution in [0.25, 0.3) is 22.4 Å². The Labute approximate surface area is 174 Å². The molecule has 0 N–H and O–H groups in total. The Balaban J connectivity index is 1.82. The first-order valence-corrected chi connectivity index (χ1v) is 10.3. The third-order valence-electron chi connectivity index (χ3n) is 5.93. The summed E-state index contributed by atoms with van der Waals surface area (Å²) in [6.45, 7) is 5.68. The number of carbonyl (C=O) groups is 2. The van der Waals surface area contributed by atoms with Crippen LogP contribution in [-0.4, -0.2) is 44.3 Å². The summed E-state index contributed by atoms with van der Waals surface area (Å²) in [6, 6.07) is 7.38. The number of aromatic nitrogens is 3. The van der Waals surface area contributed by atoms with E-state index in [2.05, 4.69) is 4.57 Å². The van der Waals surface area contributed by atoms with Crippen molar-refractivity contribution in [1.29, 1.82) is 0 Å². The fraction of sp³-hybridized carbons (Fsp3) is 0.391. The lowest BCUT2D eigenvalue weighted by Gasteiger charge is -2.32. The molecule has 156 valence electrons. The normalized spacial score (nSPS) is 16.8. The molecule has 1 aliphatic rings. The van der Waals surface area contributed by atoms with Gasteiger partial charge in [0, 0.05) is 56.5 Å². The molecule has 1 aliphatic heterocycles. The molecular formula is C23H26N4O3. The lowest BCUT2D eigenvalue weighted by molar-refractivity contribution is -0.130. The topological polar surface area (TPSA) is 77.2 Å². The highest BCUT2D eigenvalue weighted by atomic mass is 16.2. The van der Waals surface area contributed by atoms with Crippen LogP contribution in [0.3, 0.4) is 0 Å². The number of nitrogens with zero attached hydrogens (tertiary/aromatic N) is 4. The van der Waals surface area contributed by atoms with Crippen LogP contribution in [0.2, 0.25) is 0 Å². The van der Waals surface area contributed by atoms with E-state index in [1.165, 1.54) is 0 Å². The molecule has 2 aromatic heterocycles. The van der Waals surface area contributed by atoms with Crippen molar-refractivity contribution in [2.45, 2.75) is 33.2 Å². The summed E-state index contributed by atoms with van der Waals surface area (Å²) in [5.74, 6) is 1.20. The van der Waals surface area contributed by atoms with E-state index in [0.29, 0.717) is 17.0 Å². The molecule has 0 bridgehead atoms. The number of hydrogen-bond acceptors (Lipinski definition) is 4. The van der Waals surface area contributed by atoms with Gasteiger partial charge in [-0.1, -0.05) is 0 Å². The van der Waals surface area contributed by atoms with Crippen LogP contribution in [0.4, 0.5) is 0 Å². The van der Waals surface area contributed by atoms with Gasteiger partial charge in [0.1, 0.15) is 12.1 Å². The highest BCUT2D eigenvalue weighted by Crippen LogP contribution is 2.28. The summed E-state index contributed by atoms with van der Waals surface area (Å²) in [7, 11) is 1.74. The molecule has 0 spiro atoms. The van der Waals surface area contributed by atoms with Gasteiger partial charge in [0.25, 0.3) is 5.56 Å². The van der Waals surface area contributed by atoms with E-state index in [4.69, 9.17) is 4.98 Å². The van der Waals surface area contributed by atoms with E-state index >= 15 is 0 Å². The van der Waals surface area contributed by atoms with Gasteiger partial charge in [-0.25, -0.2) is 4.98 Å². The fourth-order valence-electron chi connectivity index (χ4n) is 4.38. The van der Waals surface area contributed by atoms with E-state index in [1.54, 1.807) is 43.8 Å². The molecule has 3 heterocycles. The molecular weight excluding hydrogens is 380 g/mol. The van der Waals surface area contributed by atoms with Gasteiger partial charge in [-0.2, -0.15) is 0 Å². The molecule has 1 aromatic carbocycles. The van der Waals surface area contributed by atoms with Crippen LogP contribution < -0.4 is 5.56 Å². The lowest BCUT2D eigenvalue weighted by atomic mass is 9.97. The zero-order chi connectivity index (χ0) is 21.4. The predicted molar refractivity (Wildman–Crippen MR) is 116 cm³/mol. The number of amides is 1. The summed E-state index contributed by atoms with van der Waals surface area (Å²) in [5.41, 5.74) is 3.76. The number of likely N-dealkylation sites (tertiary alicyclic amines) is 1. The van der Waals surface area contributed by atoms with Crippen molar-refractivity contribution in [1.82, 2.24) is 19.0 Å². The minimum atomic E-state index is -0.0333. The molecule has 7 heteroatoms. The Hall–Kier alpha value is -3.22. The Morgan fingerprint density at radius 1 is 1.30 bits per heavy atom. The highest BCUT2D eigenvalue weighted by Gasteiger charge is 2.24. The van der Waals surface area contributed by atoms with Gasteiger partial charge in [0.05, 0.1) is 11.0 Å². The van der Waals surface area contributed by atoms with Crippen molar-refractivity contribution >= 4 is 23.2 Å². The first kappa shape index (κ1) is 20.1. The number of piperidine rings is 1. The van der Waals surface area contributed by atoms with Crippen LogP contribution in [0, 0.1) is 12.8 Å². The summed E-state index contributed by atoms with van der Waals surface area (Å²) < 4.78 is 3.74. The standard InChI is InChI=1S/C23H26N4O3/c1-15-9-19(13-25(3)23(15)30)22-24-20-10-17(14-28)6-7-21(20)27(22)12-18-5-4-8-26(11-18)16(2)29/h6-7,9-10,13-14,18H,4-5,8,11-12H2,1-3H3/t18-/m1/s1. The predicted octanol–water partition coefficient (Wildman–Crippen LogP) is 2.78. The van der Waals surface area contributed by atoms with Gasteiger partial charge < -0.3 is 14.0 Å². The van der Waals surface area contributed by atoms with E-state index in [1.807, 2.05) is 17.0 Å². The number of benzene rings is 1. The van der Waals surface area contributed by atoms with Crippen LogP contribution in [0.5, 0.6) is 0 Å². The number of hydrogen-bond donors (Lipinski definition) is 0. The first-order chi connectivity index (χ1) is 14.4. The smallest absolute Gasteiger partial charge is 0.253 e. The molecule has 1 amide bonds. The molecule has 4 rings (SSSR count). The maximum Gasteiger partial charge on any atom is 0.253 e. The van der Waals surface area contributed by atoms with Crippen molar-refractivity contribution in [2.24, 2.45) is 13.0 Å². The molecule has 1 fully saturated rings. The molecule has 30 heavy (non-hydrogen) atoms. The molecule has 0 unspecified atom stereocenters. The minimum absolute atomic E-state index is 0.0333. The van der Waals surface area contributed by atoms with Crippen molar-refractivity contribution in [3.63, 3.8) is 0 Å². The van der Waals surface area contributed by atoms with Crippen LogP contribution in [0.1, 0.15) is 35.7 Å². The maximum atomic E-state index is 12.2. The number of aryl methyl sites for hydroxylation is 2. The maximum absolute atomic E-state index is 12.2. The Morgan fingerprint density at radius 3 is 2.80 bits per heavy atom. The number of pyridine rings is 1. The van der Waals surface area contributed by atoms with Crippen molar-refractivity contribution in [3.05, 3.63) is 51.9 Å². The molecule has 0 radical (unpaired) electrons. The average Bonchev–Trinajstić information content (AvgIpc) is 3.09. The zero-order valence-corrected chi connectivity index (χ0v) is 17.6. The Morgan fingerprint density at radius 2 is 2.10 bits per heavy atom. The van der Waals surface area contributed by atoms with E-state index in [9.17, 15) is 14.4 Å². The second-order valence-corrected chi connectivity index (χ2v) is 8.21. The molecule has 0 aliphatic carbocycles. The second-order valence-electron chi connectivity index (χ2n) is 8.21. The summed E-state index contributed by atoms with van der Waals surface area (Å²) >= 11 is 0. The lowest BCUT2D eigenvalue weighted by Crippen LogP contribution is -2.39. The van der Waals surface area contributed by atoms with Gasteiger partial charge in [0.15, 0.2) is 0 Å².